The van der Waals surface area contributed by atoms with Crippen molar-refractivity contribution in [1.29, 1.82) is 0 Å². The molecule has 204 valence electrons. The zero-order valence-electron chi connectivity index (χ0n) is 22.8. The average Bonchev–Trinajstić information content (AvgIpc) is 3.20. The number of carbonyl (C=O) groups is 3. The van der Waals surface area contributed by atoms with Crippen LogP contribution in [0.5, 0.6) is 5.88 Å². The van der Waals surface area contributed by atoms with Crippen LogP contribution >= 0.6 is 0 Å². The minimum atomic E-state index is -0.707. The number of carbonyl (C=O) groups excluding carboxylic acids is 3. The van der Waals surface area contributed by atoms with Gasteiger partial charge in [-0.05, 0) is 75.7 Å². The molecule has 2 atom stereocenters. The average molecular weight is 516 g/mol. The third-order valence-corrected chi connectivity index (χ3v) is 7.80. The van der Waals surface area contributed by atoms with Gasteiger partial charge in [0.25, 0.3) is 5.91 Å². The molecule has 1 aromatic rings. The van der Waals surface area contributed by atoms with E-state index >= 15 is 0 Å². The van der Waals surface area contributed by atoms with Gasteiger partial charge in [0.1, 0.15) is 5.56 Å². The van der Waals surface area contributed by atoms with Crippen LogP contribution in [-0.4, -0.2) is 58.5 Å². The summed E-state index contributed by atoms with van der Waals surface area (Å²) >= 11 is 0. The highest BCUT2D eigenvalue weighted by molar-refractivity contribution is 5.96. The number of amides is 3. The number of aromatic nitrogens is 2. The number of nitrogens with one attached hydrogen (secondary N) is 3. The van der Waals surface area contributed by atoms with Crippen molar-refractivity contribution < 1.29 is 23.9 Å². The standard InChI is InChI=1S/C27H41N5O5/c1-16(2)15-37-24-21(14-28-32(24)8-7-26(4,5)31-25(35)36-6)23(34)29-22-19-9-18-10-20(22)13-27(11-18,12-19)30-17(3)33/h7-8,14,16,18-20,22H,9-13,15H2,1-6H3,(H,29,34)(H,30,33)(H,31,35). The van der Waals surface area contributed by atoms with Crippen molar-refractivity contribution in [2.24, 2.45) is 23.7 Å². The summed E-state index contributed by atoms with van der Waals surface area (Å²) in [6.07, 6.45) is 9.48. The fraction of sp³-hybridized carbons (Fsp3) is 0.704. The van der Waals surface area contributed by atoms with Crippen LogP contribution in [0, 0.1) is 23.7 Å². The first-order chi connectivity index (χ1) is 17.4. The second kappa shape index (κ2) is 10.4. The molecular formula is C27H41N5O5. The van der Waals surface area contributed by atoms with Crippen molar-refractivity contribution >= 4 is 24.1 Å². The van der Waals surface area contributed by atoms with Gasteiger partial charge in [0.05, 0.1) is 25.5 Å². The van der Waals surface area contributed by atoms with E-state index in [9.17, 15) is 14.4 Å². The molecule has 4 saturated carbocycles. The van der Waals surface area contributed by atoms with Crippen LogP contribution in [0.3, 0.4) is 0 Å². The van der Waals surface area contributed by atoms with Gasteiger partial charge in [-0.25, -0.2) is 9.48 Å². The second-order valence-electron chi connectivity index (χ2n) is 12.1. The third kappa shape index (κ3) is 6.10. The molecule has 0 aromatic carbocycles. The smallest absolute Gasteiger partial charge is 0.407 e. The summed E-state index contributed by atoms with van der Waals surface area (Å²) < 4.78 is 12.3. The molecule has 4 bridgehead atoms. The Balaban J connectivity index is 1.51. The van der Waals surface area contributed by atoms with Crippen molar-refractivity contribution in [3.63, 3.8) is 0 Å². The molecule has 10 nitrogen and oxygen atoms in total. The van der Waals surface area contributed by atoms with E-state index in [1.165, 1.54) is 18.0 Å². The van der Waals surface area contributed by atoms with Crippen molar-refractivity contribution in [2.75, 3.05) is 13.7 Å². The molecule has 4 aliphatic rings. The largest absolute Gasteiger partial charge is 0.477 e. The van der Waals surface area contributed by atoms with E-state index in [2.05, 4.69) is 21.0 Å². The molecule has 3 amide bonds. The van der Waals surface area contributed by atoms with E-state index in [4.69, 9.17) is 9.47 Å². The number of hydrogen-bond acceptors (Lipinski definition) is 6. The maximum Gasteiger partial charge on any atom is 0.407 e. The Morgan fingerprint density at radius 2 is 1.89 bits per heavy atom. The first-order valence-corrected chi connectivity index (χ1v) is 13.3. The molecule has 5 rings (SSSR count). The highest BCUT2D eigenvalue weighted by Crippen LogP contribution is 2.55. The first-order valence-electron chi connectivity index (χ1n) is 13.3. The van der Waals surface area contributed by atoms with Gasteiger partial charge in [0, 0.05) is 24.7 Å². The van der Waals surface area contributed by atoms with Gasteiger partial charge in [-0.3, -0.25) is 9.59 Å². The Hall–Kier alpha value is -3.04. The number of methoxy groups -OCH3 is 1. The number of rotatable bonds is 9. The van der Waals surface area contributed by atoms with Crippen molar-refractivity contribution in [3.8, 4) is 5.88 Å². The molecule has 2 unspecified atom stereocenters. The Kier molecular flexibility index (Phi) is 7.57. The zero-order valence-corrected chi connectivity index (χ0v) is 22.8. The lowest BCUT2D eigenvalue weighted by Crippen LogP contribution is -2.66. The molecule has 37 heavy (non-hydrogen) atoms. The topological polar surface area (TPSA) is 124 Å². The normalized spacial score (nSPS) is 28.4. The summed E-state index contributed by atoms with van der Waals surface area (Å²) in [4.78, 5) is 37.1. The molecule has 0 aliphatic heterocycles. The van der Waals surface area contributed by atoms with E-state index in [-0.39, 0.29) is 29.3 Å². The summed E-state index contributed by atoms with van der Waals surface area (Å²) in [5.74, 6) is 1.77. The lowest BCUT2D eigenvalue weighted by atomic mass is 9.51. The van der Waals surface area contributed by atoms with Crippen LogP contribution in [-0.2, 0) is 9.53 Å². The predicted octanol–water partition coefficient (Wildman–Crippen LogP) is 3.34. The zero-order chi connectivity index (χ0) is 27.0. The van der Waals surface area contributed by atoms with Crippen molar-refractivity contribution in [3.05, 3.63) is 17.8 Å². The van der Waals surface area contributed by atoms with E-state index in [0.29, 0.717) is 35.8 Å². The molecule has 1 heterocycles. The first kappa shape index (κ1) is 27.0. The maximum atomic E-state index is 13.5. The van der Waals surface area contributed by atoms with Gasteiger partial charge in [-0.1, -0.05) is 13.8 Å². The fourth-order valence-electron chi connectivity index (χ4n) is 6.63. The van der Waals surface area contributed by atoms with E-state index in [1.807, 2.05) is 27.7 Å². The number of nitrogens with zero attached hydrogens (tertiary/aromatic N) is 2. The molecular weight excluding hydrogens is 474 g/mol. The van der Waals surface area contributed by atoms with E-state index < -0.39 is 11.6 Å². The Labute approximate surface area is 218 Å². The maximum absolute atomic E-state index is 13.5. The quantitative estimate of drug-likeness (QED) is 0.464. The number of alkyl carbamates (subject to hydrolysis) is 1. The van der Waals surface area contributed by atoms with Crippen LogP contribution < -0.4 is 20.7 Å². The SMILES string of the molecule is COC(=O)NC(C)(C)C=Cn1ncc(C(=O)NC2C3CC4CC2CC(NC(C)=O)(C4)C3)c1OCC(C)C. The van der Waals surface area contributed by atoms with E-state index in [0.717, 1.165) is 32.1 Å². The van der Waals surface area contributed by atoms with E-state index in [1.54, 1.807) is 19.2 Å². The number of hydrogen-bond donors (Lipinski definition) is 3. The molecule has 10 heteroatoms. The second-order valence-corrected chi connectivity index (χ2v) is 12.1. The molecule has 0 saturated heterocycles. The minimum Gasteiger partial charge on any atom is -0.477 e. The summed E-state index contributed by atoms with van der Waals surface area (Å²) in [5, 5.41) is 13.7. The van der Waals surface area contributed by atoms with Gasteiger partial charge in [0.2, 0.25) is 11.8 Å². The van der Waals surface area contributed by atoms with Crippen molar-refractivity contribution in [1.82, 2.24) is 25.7 Å². The van der Waals surface area contributed by atoms with Gasteiger partial charge in [0.15, 0.2) is 0 Å². The molecule has 0 radical (unpaired) electrons. The third-order valence-electron chi connectivity index (χ3n) is 7.80. The van der Waals surface area contributed by atoms with Crippen LogP contribution in [0.15, 0.2) is 12.3 Å². The van der Waals surface area contributed by atoms with Gasteiger partial charge >= 0.3 is 6.09 Å². The molecule has 4 fully saturated rings. The Bertz CT molecular complexity index is 1050. The highest BCUT2D eigenvalue weighted by Gasteiger charge is 2.56. The van der Waals surface area contributed by atoms with Crippen molar-refractivity contribution in [2.45, 2.75) is 83.8 Å². The summed E-state index contributed by atoms with van der Waals surface area (Å²) in [5.41, 5.74) is -0.439. The predicted molar refractivity (Wildman–Crippen MR) is 139 cm³/mol. The molecule has 4 aliphatic carbocycles. The Morgan fingerprint density at radius 1 is 1.22 bits per heavy atom. The van der Waals surface area contributed by atoms with Gasteiger partial charge in [-0.15, -0.1) is 0 Å². The monoisotopic (exact) mass is 515 g/mol. The lowest BCUT2D eigenvalue weighted by Gasteiger charge is -2.60. The molecule has 3 N–H and O–H groups in total. The Morgan fingerprint density at radius 3 is 2.49 bits per heavy atom. The summed E-state index contributed by atoms with van der Waals surface area (Å²) in [7, 11) is 1.31. The lowest BCUT2D eigenvalue weighted by molar-refractivity contribution is -0.125. The summed E-state index contributed by atoms with van der Waals surface area (Å²) in [6, 6.07) is 0.0750. The van der Waals surface area contributed by atoms with Crippen LogP contribution in [0.1, 0.15) is 77.1 Å². The fourth-order valence-corrected chi connectivity index (χ4v) is 6.63. The van der Waals surface area contributed by atoms with Crippen LogP contribution in [0.4, 0.5) is 4.79 Å². The van der Waals surface area contributed by atoms with Gasteiger partial charge in [-0.2, -0.15) is 5.10 Å². The minimum absolute atomic E-state index is 0.0277. The highest BCUT2D eigenvalue weighted by atomic mass is 16.5. The number of ether oxygens (including phenoxy) is 2. The van der Waals surface area contributed by atoms with Gasteiger partial charge < -0.3 is 25.4 Å². The molecule has 1 aromatic heterocycles. The molecule has 0 spiro atoms. The van der Waals surface area contributed by atoms with Crippen LogP contribution in [0.2, 0.25) is 0 Å². The van der Waals surface area contributed by atoms with Crippen LogP contribution in [0.25, 0.3) is 6.20 Å². The summed E-state index contributed by atoms with van der Waals surface area (Å²) in [6.45, 7) is 9.76.